The molecule has 0 saturated carbocycles. The van der Waals surface area contributed by atoms with Gasteiger partial charge in [-0.3, -0.25) is 0 Å². The second-order valence-electron chi connectivity index (χ2n) is 5.52. The van der Waals surface area contributed by atoms with E-state index in [1.165, 1.54) is 11.0 Å². The van der Waals surface area contributed by atoms with E-state index in [4.69, 9.17) is 4.74 Å². The zero-order valence-electron chi connectivity index (χ0n) is 14.1. The molecule has 0 bridgehead atoms. The molecule has 8 nitrogen and oxygen atoms in total. The number of rotatable bonds is 6. The summed E-state index contributed by atoms with van der Waals surface area (Å²) in [5, 5.41) is 7.36. The Morgan fingerprint density at radius 3 is 2.63 bits per heavy atom. The standard InChI is InChI=1S/C16H14F3N5O3/c1-2-7-26-14(25)13-20-9-24(22-13)8-10-3-5-11(6-4-10)12-21-15(27-23-12)16(17,18)19/h3-6,9H,2,7-8H2,1H3. The maximum absolute atomic E-state index is 12.5. The molecular weight excluding hydrogens is 367 g/mol. The summed E-state index contributed by atoms with van der Waals surface area (Å²) in [6.45, 7) is 2.48. The first kappa shape index (κ1) is 18.5. The molecule has 0 amide bonds. The number of halogens is 3. The van der Waals surface area contributed by atoms with Gasteiger partial charge < -0.3 is 9.26 Å². The molecule has 0 N–H and O–H groups in total. The van der Waals surface area contributed by atoms with E-state index < -0.39 is 18.0 Å². The number of carbonyl (C=O) groups excluding carboxylic acids is 1. The van der Waals surface area contributed by atoms with E-state index in [2.05, 4.69) is 24.7 Å². The Balaban J connectivity index is 1.67. The number of benzene rings is 1. The molecule has 3 aromatic rings. The van der Waals surface area contributed by atoms with Crippen LogP contribution in [0.25, 0.3) is 11.4 Å². The topological polar surface area (TPSA) is 95.9 Å². The average molecular weight is 381 g/mol. The van der Waals surface area contributed by atoms with Crippen molar-refractivity contribution in [3.8, 4) is 11.4 Å². The second kappa shape index (κ2) is 7.56. The smallest absolute Gasteiger partial charge is 0.460 e. The van der Waals surface area contributed by atoms with Gasteiger partial charge in [-0.2, -0.15) is 18.2 Å². The van der Waals surface area contributed by atoms with Gasteiger partial charge in [0, 0.05) is 5.56 Å². The fraction of sp³-hybridized carbons (Fsp3) is 0.312. The highest BCUT2D eigenvalue weighted by Gasteiger charge is 2.38. The molecule has 0 saturated heterocycles. The van der Waals surface area contributed by atoms with Crippen LogP contribution < -0.4 is 0 Å². The molecule has 142 valence electrons. The predicted octanol–water partition coefficient (Wildman–Crippen LogP) is 2.96. The van der Waals surface area contributed by atoms with Crippen molar-refractivity contribution >= 4 is 5.97 Å². The highest BCUT2D eigenvalue weighted by Crippen LogP contribution is 2.29. The molecule has 2 heterocycles. The van der Waals surface area contributed by atoms with Crippen LogP contribution in [-0.4, -0.2) is 37.5 Å². The summed E-state index contributed by atoms with van der Waals surface area (Å²) in [4.78, 5) is 18.9. The van der Waals surface area contributed by atoms with Crippen LogP contribution in [0.1, 0.15) is 35.4 Å². The monoisotopic (exact) mass is 381 g/mol. The van der Waals surface area contributed by atoms with Crippen molar-refractivity contribution in [2.24, 2.45) is 0 Å². The highest BCUT2D eigenvalue weighted by atomic mass is 19.4. The summed E-state index contributed by atoms with van der Waals surface area (Å²) >= 11 is 0. The van der Waals surface area contributed by atoms with Gasteiger partial charge in [0.05, 0.1) is 13.2 Å². The molecule has 0 radical (unpaired) electrons. The van der Waals surface area contributed by atoms with E-state index in [0.29, 0.717) is 25.1 Å². The molecule has 11 heteroatoms. The molecule has 1 aromatic carbocycles. The quantitative estimate of drug-likeness (QED) is 0.606. The largest absolute Gasteiger partial charge is 0.471 e. The van der Waals surface area contributed by atoms with Gasteiger partial charge in [-0.05, 0) is 12.0 Å². The van der Waals surface area contributed by atoms with Crippen LogP contribution in [0.5, 0.6) is 0 Å². The summed E-state index contributed by atoms with van der Waals surface area (Å²) < 4.78 is 48.1. The SMILES string of the molecule is CCCOC(=O)c1ncn(Cc2ccc(-c3noc(C(F)(F)F)n3)cc2)n1. The molecule has 0 spiro atoms. The molecule has 27 heavy (non-hydrogen) atoms. The molecule has 0 unspecified atom stereocenters. The molecule has 0 aliphatic rings. The Kier molecular flexibility index (Phi) is 5.19. The van der Waals surface area contributed by atoms with Crippen molar-refractivity contribution in [3.63, 3.8) is 0 Å². The lowest BCUT2D eigenvalue weighted by molar-refractivity contribution is -0.159. The first-order valence-electron chi connectivity index (χ1n) is 7.93. The van der Waals surface area contributed by atoms with Gasteiger partial charge in [0.25, 0.3) is 5.82 Å². The lowest BCUT2D eigenvalue weighted by atomic mass is 10.1. The number of ether oxygens (including phenoxy) is 1. The van der Waals surface area contributed by atoms with Crippen molar-refractivity contribution in [1.82, 2.24) is 24.9 Å². The van der Waals surface area contributed by atoms with Gasteiger partial charge in [0.2, 0.25) is 5.82 Å². The van der Waals surface area contributed by atoms with Crippen LogP contribution in [0.2, 0.25) is 0 Å². The molecule has 2 aromatic heterocycles. The van der Waals surface area contributed by atoms with E-state index in [9.17, 15) is 18.0 Å². The normalized spacial score (nSPS) is 11.6. The molecule has 3 rings (SSSR count). The first-order chi connectivity index (χ1) is 12.9. The number of nitrogens with zero attached hydrogens (tertiary/aromatic N) is 5. The average Bonchev–Trinajstić information content (AvgIpc) is 3.30. The number of esters is 1. The number of carbonyl (C=O) groups is 1. The predicted molar refractivity (Wildman–Crippen MR) is 84.4 cm³/mol. The minimum atomic E-state index is -4.69. The Morgan fingerprint density at radius 2 is 2.00 bits per heavy atom. The number of hydrogen-bond donors (Lipinski definition) is 0. The third-order valence-electron chi connectivity index (χ3n) is 3.38. The van der Waals surface area contributed by atoms with Gasteiger partial charge in [-0.1, -0.05) is 36.3 Å². The molecule has 0 aliphatic heterocycles. The summed E-state index contributed by atoms with van der Waals surface area (Å²) in [6.07, 6.45) is -2.59. The van der Waals surface area contributed by atoms with E-state index in [1.54, 1.807) is 24.3 Å². The summed E-state index contributed by atoms with van der Waals surface area (Å²) in [6, 6.07) is 6.48. The Morgan fingerprint density at radius 1 is 1.26 bits per heavy atom. The lowest BCUT2D eigenvalue weighted by Crippen LogP contribution is -2.09. The third-order valence-corrected chi connectivity index (χ3v) is 3.38. The number of hydrogen-bond acceptors (Lipinski definition) is 7. The molecular formula is C16H14F3N5O3. The third kappa shape index (κ3) is 4.49. The van der Waals surface area contributed by atoms with E-state index in [-0.39, 0.29) is 11.6 Å². The second-order valence-corrected chi connectivity index (χ2v) is 5.52. The fourth-order valence-electron chi connectivity index (χ4n) is 2.13. The maximum atomic E-state index is 12.5. The van der Waals surface area contributed by atoms with Crippen molar-refractivity contribution in [3.05, 3.63) is 47.9 Å². The minimum absolute atomic E-state index is 0.0356. The van der Waals surface area contributed by atoms with Crippen LogP contribution in [0.15, 0.2) is 35.1 Å². The van der Waals surface area contributed by atoms with E-state index in [0.717, 1.165) is 5.56 Å². The van der Waals surface area contributed by atoms with E-state index in [1.807, 2.05) is 6.92 Å². The van der Waals surface area contributed by atoms with Gasteiger partial charge >= 0.3 is 18.0 Å². The highest BCUT2D eigenvalue weighted by molar-refractivity contribution is 5.84. The van der Waals surface area contributed by atoms with Crippen LogP contribution in [0.3, 0.4) is 0 Å². The Bertz CT molecular complexity index is 918. The maximum Gasteiger partial charge on any atom is 0.471 e. The van der Waals surface area contributed by atoms with Crippen molar-refractivity contribution in [1.29, 1.82) is 0 Å². The van der Waals surface area contributed by atoms with Gasteiger partial charge in [-0.25, -0.2) is 14.5 Å². The molecule has 0 aliphatic carbocycles. The number of alkyl halides is 3. The fourth-order valence-corrected chi connectivity index (χ4v) is 2.13. The lowest BCUT2D eigenvalue weighted by Gasteiger charge is -2.02. The summed E-state index contributed by atoms with van der Waals surface area (Å²) in [5.41, 5.74) is 1.16. The Hall–Kier alpha value is -3.24. The Labute approximate surface area is 151 Å². The molecule has 0 atom stereocenters. The van der Waals surface area contributed by atoms with Gasteiger partial charge in [0.1, 0.15) is 6.33 Å². The van der Waals surface area contributed by atoms with Crippen LogP contribution >= 0.6 is 0 Å². The zero-order chi connectivity index (χ0) is 19.4. The first-order valence-corrected chi connectivity index (χ1v) is 7.93. The summed E-state index contributed by atoms with van der Waals surface area (Å²) in [7, 11) is 0. The van der Waals surface area contributed by atoms with Crippen LogP contribution in [-0.2, 0) is 17.5 Å². The van der Waals surface area contributed by atoms with E-state index >= 15 is 0 Å². The number of aromatic nitrogens is 5. The molecule has 0 fully saturated rings. The minimum Gasteiger partial charge on any atom is -0.460 e. The van der Waals surface area contributed by atoms with Crippen molar-refractivity contribution in [2.45, 2.75) is 26.1 Å². The van der Waals surface area contributed by atoms with Gasteiger partial charge in [0.15, 0.2) is 0 Å². The van der Waals surface area contributed by atoms with Gasteiger partial charge in [-0.15, -0.1) is 5.10 Å². The van der Waals surface area contributed by atoms with Crippen LogP contribution in [0.4, 0.5) is 13.2 Å². The zero-order valence-corrected chi connectivity index (χ0v) is 14.1. The van der Waals surface area contributed by atoms with Crippen LogP contribution in [0, 0.1) is 0 Å². The van der Waals surface area contributed by atoms with Crippen molar-refractivity contribution in [2.75, 3.05) is 6.61 Å². The summed E-state index contributed by atoms with van der Waals surface area (Å²) in [5.74, 6) is -2.18. The van der Waals surface area contributed by atoms with Crippen molar-refractivity contribution < 1.29 is 27.2 Å².